The van der Waals surface area contributed by atoms with Crippen LogP contribution in [0.15, 0.2) is 18.2 Å². The number of hydrogen-bond acceptors (Lipinski definition) is 3. The van der Waals surface area contributed by atoms with Crippen LogP contribution >= 0.6 is 11.6 Å². The van der Waals surface area contributed by atoms with Gasteiger partial charge in [-0.05, 0) is 25.0 Å². The van der Waals surface area contributed by atoms with Crippen molar-refractivity contribution in [3.05, 3.63) is 28.8 Å². The average molecular weight is 309 g/mol. The molecule has 0 saturated heterocycles. The summed E-state index contributed by atoms with van der Waals surface area (Å²) in [7, 11) is 1.56. The summed E-state index contributed by atoms with van der Waals surface area (Å²) in [4.78, 5) is 12.2. The van der Waals surface area contributed by atoms with Crippen LogP contribution < -0.4 is 10.1 Å². The third-order valence-electron chi connectivity index (χ3n) is 3.66. The molecule has 0 heterocycles. The van der Waals surface area contributed by atoms with Crippen LogP contribution in [0.3, 0.4) is 0 Å². The highest BCUT2D eigenvalue weighted by Crippen LogP contribution is 2.28. The standard InChI is InChI=1S/C16H21ClN2O2/c1-5-10(2)14(9-18)16(20)19-11(3)13-7-6-12(17)8-15(13)21-4/h6-8,10-11,14H,5H2,1-4H3,(H,19,20). The molecule has 1 aromatic carbocycles. The van der Waals surface area contributed by atoms with Gasteiger partial charge in [0.05, 0.1) is 19.2 Å². The van der Waals surface area contributed by atoms with Gasteiger partial charge in [0.15, 0.2) is 0 Å². The van der Waals surface area contributed by atoms with Gasteiger partial charge in [-0.1, -0.05) is 37.9 Å². The molecule has 3 atom stereocenters. The highest BCUT2D eigenvalue weighted by molar-refractivity contribution is 6.30. The van der Waals surface area contributed by atoms with Crippen LogP contribution in [0.25, 0.3) is 0 Å². The number of carbonyl (C=O) groups is 1. The minimum absolute atomic E-state index is 0.0225. The van der Waals surface area contributed by atoms with Gasteiger partial charge in [-0.25, -0.2) is 0 Å². The number of hydrogen-bond donors (Lipinski definition) is 1. The maximum atomic E-state index is 12.2. The number of methoxy groups -OCH3 is 1. The second-order valence-corrected chi connectivity index (χ2v) is 5.55. The second-order valence-electron chi connectivity index (χ2n) is 5.11. The van der Waals surface area contributed by atoms with Crippen molar-refractivity contribution in [1.82, 2.24) is 5.32 Å². The lowest BCUT2D eigenvalue weighted by molar-refractivity contribution is -0.125. The zero-order valence-corrected chi connectivity index (χ0v) is 13.6. The SMILES string of the molecule is CCC(C)C(C#N)C(=O)NC(C)c1ccc(Cl)cc1OC. The first-order valence-corrected chi connectivity index (χ1v) is 7.35. The molecule has 0 radical (unpaired) electrons. The molecule has 1 amide bonds. The van der Waals surface area contributed by atoms with Gasteiger partial charge >= 0.3 is 0 Å². The van der Waals surface area contributed by atoms with Crippen LogP contribution in [-0.2, 0) is 4.79 Å². The van der Waals surface area contributed by atoms with Crippen molar-refractivity contribution in [3.63, 3.8) is 0 Å². The van der Waals surface area contributed by atoms with E-state index in [1.807, 2.05) is 26.8 Å². The Morgan fingerprint density at radius 3 is 2.67 bits per heavy atom. The lowest BCUT2D eigenvalue weighted by Gasteiger charge is -2.21. The number of nitrogens with zero attached hydrogens (tertiary/aromatic N) is 1. The van der Waals surface area contributed by atoms with Crippen molar-refractivity contribution < 1.29 is 9.53 Å². The Hall–Kier alpha value is -1.73. The van der Waals surface area contributed by atoms with Crippen molar-refractivity contribution in [1.29, 1.82) is 5.26 Å². The zero-order valence-electron chi connectivity index (χ0n) is 12.8. The molecular formula is C16H21ClN2O2. The Labute approximate surface area is 131 Å². The van der Waals surface area contributed by atoms with Crippen molar-refractivity contribution in [2.75, 3.05) is 7.11 Å². The maximum Gasteiger partial charge on any atom is 0.238 e. The minimum Gasteiger partial charge on any atom is -0.496 e. The molecule has 1 N–H and O–H groups in total. The van der Waals surface area contributed by atoms with Crippen molar-refractivity contribution in [3.8, 4) is 11.8 Å². The predicted molar refractivity (Wildman–Crippen MR) is 83.1 cm³/mol. The number of rotatable bonds is 6. The number of ether oxygens (including phenoxy) is 1. The average Bonchev–Trinajstić information content (AvgIpc) is 2.47. The van der Waals surface area contributed by atoms with E-state index < -0.39 is 5.92 Å². The fourth-order valence-electron chi connectivity index (χ4n) is 2.10. The monoisotopic (exact) mass is 308 g/mol. The van der Waals surface area contributed by atoms with Gasteiger partial charge in [-0.2, -0.15) is 5.26 Å². The summed E-state index contributed by atoms with van der Waals surface area (Å²) in [6.45, 7) is 5.73. The molecule has 3 unspecified atom stereocenters. The van der Waals surface area contributed by atoms with E-state index in [-0.39, 0.29) is 17.9 Å². The van der Waals surface area contributed by atoms with Gasteiger partial charge in [0.1, 0.15) is 11.7 Å². The van der Waals surface area contributed by atoms with Crippen molar-refractivity contribution in [2.45, 2.75) is 33.2 Å². The summed E-state index contributed by atoms with van der Waals surface area (Å²) in [5.41, 5.74) is 0.830. The van der Waals surface area contributed by atoms with Crippen molar-refractivity contribution >= 4 is 17.5 Å². The molecule has 1 rings (SSSR count). The van der Waals surface area contributed by atoms with Crippen LogP contribution in [0, 0.1) is 23.2 Å². The smallest absolute Gasteiger partial charge is 0.238 e. The zero-order chi connectivity index (χ0) is 16.0. The molecule has 0 aliphatic rings. The summed E-state index contributed by atoms with van der Waals surface area (Å²) < 4.78 is 5.28. The predicted octanol–water partition coefficient (Wildman–Crippen LogP) is 3.71. The Kier molecular flexibility index (Phi) is 6.51. The van der Waals surface area contributed by atoms with E-state index in [1.54, 1.807) is 19.2 Å². The molecule has 1 aromatic rings. The number of nitrogens with one attached hydrogen (secondary N) is 1. The van der Waals surface area contributed by atoms with E-state index in [4.69, 9.17) is 21.6 Å². The molecule has 0 bridgehead atoms. The van der Waals surface area contributed by atoms with E-state index >= 15 is 0 Å². The van der Waals surface area contributed by atoms with Crippen LogP contribution in [0.2, 0.25) is 5.02 Å². The van der Waals surface area contributed by atoms with Gasteiger partial charge in [0.2, 0.25) is 5.91 Å². The highest BCUT2D eigenvalue weighted by atomic mass is 35.5. The Bertz CT molecular complexity index is 540. The molecule has 4 nitrogen and oxygen atoms in total. The van der Waals surface area contributed by atoms with Crippen LogP contribution in [0.4, 0.5) is 0 Å². The molecule has 0 spiro atoms. The number of amides is 1. The summed E-state index contributed by atoms with van der Waals surface area (Å²) in [6, 6.07) is 7.09. The third-order valence-corrected chi connectivity index (χ3v) is 3.89. The number of nitriles is 1. The first-order chi connectivity index (χ1) is 9.94. The first-order valence-electron chi connectivity index (χ1n) is 6.98. The number of benzene rings is 1. The summed E-state index contributed by atoms with van der Waals surface area (Å²) in [5, 5.41) is 12.6. The Morgan fingerprint density at radius 1 is 1.48 bits per heavy atom. The van der Waals surface area contributed by atoms with Gasteiger partial charge in [-0.15, -0.1) is 0 Å². The molecule has 0 fully saturated rings. The summed E-state index contributed by atoms with van der Waals surface area (Å²) in [6.07, 6.45) is 0.782. The maximum absolute atomic E-state index is 12.2. The Morgan fingerprint density at radius 2 is 2.14 bits per heavy atom. The highest BCUT2D eigenvalue weighted by Gasteiger charge is 2.25. The van der Waals surface area contributed by atoms with Gasteiger partial charge in [0.25, 0.3) is 0 Å². The van der Waals surface area contributed by atoms with E-state index in [0.29, 0.717) is 10.8 Å². The van der Waals surface area contributed by atoms with Gasteiger partial charge in [-0.3, -0.25) is 4.79 Å². The molecule has 0 aromatic heterocycles. The van der Waals surface area contributed by atoms with Crippen LogP contribution in [0.5, 0.6) is 5.75 Å². The molecule has 21 heavy (non-hydrogen) atoms. The van der Waals surface area contributed by atoms with E-state index in [2.05, 4.69) is 11.4 Å². The van der Waals surface area contributed by atoms with E-state index in [9.17, 15) is 4.79 Å². The third kappa shape index (κ3) is 4.37. The lowest BCUT2D eigenvalue weighted by Crippen LogP contribution is -2.35. The fraction of sp³-hybridized carbons (Fsp3) is 0.500. The molecule has 114 valence electrons. The fourth-order valence-corrected chi connectivity index (χ4v) is 2.27. The van der Waals surface area contributed by atoms with Gasteiger partial charge in [0, 0.05) is 10.6 Å². The largest absolute Gasteiger partial charge is 0.496 e. The number of carbonyl (C=O) groups excluding carboxylic acids is 1. The lowest BCUT2D eigenvalue weighted by atomic mass is 9.92. The van der Waals surface area contributed by atoms with E-state index in [0.717, 1.165) is 12.0 Å². The van der Waals surface area contributed by atoms with Gasteiger partial charge < -0.3 is 10.1 Å². The van der Waals surface area contributed by atoms with Crippen molar-refractivity contribution in [2.24, 2.45) is 11.8 Å². The first kappa shape index (κ1) is 17.3. The summed E-state index contributed by atoms with van der Waals surface area (Å²) >= 11 is 5.93. The normalized spacial score (nSPS) is 14.7. The topological polar surface area (TPSA) is 62.1 Å². The second kappa shape index (κ2) is 7.90. The molecule has 0 aliphatic carbocycles. The molecule has 0 saturated carbocycles. The van der Waals surface area contributed by atoms with E-state index in [1.165, 1.54) is 0 Å². The summed E-state index contributed by atoms with van der Waals surface area (Å²) in [5.74, 6) is -0.256. The minimum atomic E-state index is -0.643. The van der Waals surface area contributed by atoms with Crippen LogP contribution in [0.1, 0.15) is 38.8 Å². The quantitative estimate of drug-likeness (QED) is 0.871. The molecular weight excluding hydrogens is 288 g/mol. The van der Waals surface area contributed by atoms with Crippen LogP contribution in [-0.4, -0.2) is 13.0 Å². The number of halogens is 1. The molecule has 5 heteroatoms. The Balaban J connectivity index is 2.88. The molecule has 0 aliphatic heterocycles.